The van der Waals surface area contributed by atoms with E-state index in [2.05, 4.69) is 0 Å². The lowest BCUT2D eigenvalue weighted by molar-refractivity contribution is -0.171. The molecule has 0 spiro atoms. The summed E-state index contributed by atoms with van der Waals surface area (Å²) >= 11 is 12.3. The number of carbonyl (C=O) groups excluding carboxylic acids is 1. The Morgan fingerprint density at radius 1 is 0.862 bits per heavy atom. The number of carbonyl (C=O) groups is 1. The Hall–Kier alpha value is -2.33. The Labute approximate surface area is 180 Å². The molecule has 1 aliphatic rings. The fraction of sp³-hybridized carbons (Fsp3) is 0.208. The quantitative estimate of drug-likeness (QED) is 0.522. The number of benzene rings is 3. The van der Waals surface area contributed by atoms with Gasteiger partial charge >= 0.3 is 0 Å². The number of halogens is 2. The number of likely N-dealkylation sites (N-methyl/N-ethyl adjacent to an activating group) is 1. The first kappa shape index (κ1) is 20.0. The van der Waals surface area contributed by atoms with Crippen LogP contribution in [0.2, 0.25) is 10.0 Å². The van der Waals surface area contributed by atoms with E-state index >= 15 is 0 Å². The molecular weight excluding hydrogens is 405 g/mol. The third-order valence-electron chi connectivity index (χ3n) is 5.29. The van der Waals surface area contributed by atoms with Gasteiger partial charge in [-0.3, -0.25) is 4.79 Å². The van der Waals surface area contributed by atoms with Crippen LogP contribution in [0.4, 0.5) is 0 Å². The van der Waals surface area contributed by atoms with Gasteiger partial charge in [0, 0.05) is 23.5 Å². The van der Waals surface area contributed by atoms with Crippen LogP contribution in [0, 0.1) is 0 Å². The number of hydrogen-bond acceptors (Lipinski definition) is 2. The van der Waals surface area contributed by atoms with Crippen LogP contribution in [0.15, 0.2) is 78.9 Å². The lowest BCUT2D eigenvalue weighted by Gasteiger charge is -2.43. The van der Waals surface area contributed by atoms with Crippen LogP contribution in [0.25, 0.3) is 0 Å². The summed E-state index contributed by atoms with van der Waals surface area (Å²) < 4.78 is 6.43. The molecule has 0 bridgehead atoms. The lowest BCUT2D eigenvalue weighted by Crippen LogP contribution is -2.49. The van der Waals surface area contributed by atoms with Crippen LogP contribution in [0.5, 0.6) is 0 Å². The molecule has 4 rings (SSSR count). The Bertz CT molecular complexity index is 991. The first-order chi connectivity index (χ1) is 14.0. The first-order valence-corrected chi connectivity index (χ1v) is 10.3. The largest absolute Gasteiger partial charge is 0.358 e. The van der Waals surface area contributed by atoms with Crippen molar-refractivity contribution in [2.45, 2.75) is 24.7 Å². The molecular formula is C24H21Cl2NO2. The monoisotopic (exact) mass is 425 g/mol. The molecule has 0 aliphatic carbocycles. The van der Waals surface area contributed by atoms with Crippen LogP contribution in [-0.2, 0) is 16.0 Å². The molecule has 1 amide bonds. The van der Waals surface area contributed by atoms with E-state index in [1.54, 1.807) is 4.90 Å². The third-order valence-corrected chi connectivity index (χ3v) is 5.78. The van der Waals surface area contributed by atoms with Gasteiger partial charge in [0.15, 0.2) is 0 Å². The maximum Gasteiger partial charge on any atom is 0.252 e. The highest BCUT2D eigenvalue weighted by molar-refractivity contribution is 6.30. The van der Waals surface area contributed by atoms with Crippen molar-refractivity contribution in [2.75, 3.05) is 7.05 Å². The fourth-order valence-electron chi connectivity index (χ4n) is 3.84. The van der Waals surface area contributed by atoms with Crippen molar-refractivity contribution >= 4 is 29.1 Å². The highest BCUT2D eigenvalue weighted by atomic mass is 35.5. The van der Waals surface area contributed by atoms with E-state index in [1.807, 2.05) is 85.9 Å². The minimum absolute atomic E-state index is 0.0351. The molecule has 29 heavy (non-hydrogen) atoms. The second-order valence-electron chi connectivity index (χ2n) is 7.24. The van der Waals surface area contributed by atoms with Gasteiger partial charge in [-0.1, -0.05) is 77.8 Å². The summed E-state index contributed by atoms with van der Waals surface area (Å²) in [5, 5.41) is 1.29. The zero-order valence-electron chi connectivity index (χ0n) is 16.0. The Morgan fingerprint density at radius 2 is 1.59 bits per heavy atom. The van der Waals surface area contributed by atoms with Gasteiger partial charge in [0.2, 0.25) is 0 Å². The molecule has 0 unspecified atom stereocenters. The minimum atomic E-state index is -0.560. The number of morpholine rings is 1. The molecule has 0 saturated carbocycles. The van der Waals surface area contributed by atoms with Crippen LogP contribution in [-0.4, -0.2) is 24.0 Å². The van der Waals surface area contributed by atoms with Crippen molar-refractivity contribution in [2.24, 2.45) is 0 Å². The van der Waals surface area contributed by atoms with Crippen molar-refractivity contribution in [3.8, 4) is 0 Å². The SMILES string of the molecule is CN1C(=O)[C@H](Cc2ccccc2)O[C@@H](c2cccc(Cl)c2)[C@H]1c1ccc(Cl)cc1. The van der Waals surface area contributed by atoms with Crippen LogP contribution in [0.3, 0.4) is 0 Å². The van der Waals surface area contributed by atoms with E-state index in [0.717, 1.165) is 16.7 Å². The van der Waals surface area contributed by atoms with Crippen molar-refractivity contribution in [1.82, 2.24) is 4.90 Å². The summed E-state index contributed by atoms with van der Waals surface area (Å²) in [6, 6.07) is 24.8. The number of amides is 1. The van der Waals surface area contributed by atoms with E-state index in [0.29, 0.717) is 16.5 Å². The number of hydrogen-bond donors (Lipinski definition) is 0. The smallest absolute Gasteiger partial charge is 0.252 e. The van der Waals surface area contributed by atoms with Crippen LogP contribution >= 0.6 is 23.2 Å². The molecule has 148 valence electrons. The molecule has 3 nitrogen and oxygen atoms in total. The predicted octanol–water partition coefficient (Wildman–Crippen LogP) is 5.88. The summed E-state index contributed by atoms with van der Waals surface area (Å²) in [5.41, 5.74) is 2.97. The van der Waals surface area contributed by atoms with Crippen molar-refractivity contribution in [3.05, 3.63) is 106 Å². The highest BCUT2D eigenvalue weighted by Crippen LogP contribution is 2.42. The van der Waals surface area contributed by atoms with Crippen LogP contribution < -0.4 is 0 Å². The van der Waals surface area contributed by atoms with Gasteiger partial charge in [-0.2, -0.15) is 0 Å². The summed E-state index contributed by atoms with van der Waals surface area (Å²) in [6.45, 7) is 0. The Morgan fingerprint density at radius 3 is 2.28 bits per heavy atom. The normalized spacial score (nSPS) is 22.0. The van der Waals surface area contributed by atoms with E-state index in [4.69, 9.17) is 27.9 Å². The van der Waals surface area contributed by atoms with E-state index in [-0.39, 0.29) is 18.1 Å². The van der Waals surface area contributed by atoms with Gasteiger partial charge in [-0.25, -0.2) is 0 Å². The maximum absolute atomic E-state index is 13.2. The standard InChI is InChI=1S/C24H21Cl2NO2/c1-27-22(17-10-12-19(25)13-11-17)23(18-8-5-9-20(26)15-18)29-21(24(27)28)14-16-6-3-2-4-7-16/h2-13,15,21-23H,14H2,1H3/t21-,22+,23-/m0/s1. The van der Waals surface area contributed by atoms with Crippen molar-refractivity contribution < 1.29 is 9.53 Å². The topological polar surface area (TPSA) is 29.5 Å². The van der Waals surface area contributed by atoms with Gasteiger partial charge in [-0.15, -0.1) is 0 Å². The molecule has 1 fully saturated rings. The highest BCUT2D eigenvalue weighted by Gasteiger charge is 2.42. The molecule has 3 atom stereocenters. The Balaban J connectivity index is 1.72. The molecule has 3 aromatic rings. The zero-order chi connectivity index (χ0) is 20.4. The molecule has 0 radical (unpaired) electrons. The molecule has 1 saturated heterocycles. The molecule has 0 aromatic heterocycles. The fourth-order valence-corrected chi connectivity index (χ4v) is 4.17. The lowest BCUT2D eigenvalue weighted by atomic mass is 9.91. The number of nitrogens with zero attached hydrogens (tertiary/aromatic N) is 1. The maximum atomic E-state index is 13.2. The second-order valence-corrected chi connectivity index (χ2v) is 8.11. The second kappa shape index (κ2) is 8.58. The first-order valence-electron chi connectivity index (χ1n) is 9.50. The Kier molecular flexibility index (Phi) is 5.91. The summed E-state index contributed by atoms with van der Waals surface area (Å²) in [7, 11) is 1.83. The predicted molar refractivity (Wildman–Crippen MR) is 116 cm³/mol. The summed E-state index contributed by atoms with van der Waals surface area (Å²) in [6.07, 6.45) is -0.379. The number of rotatable bonds is 4. The molecule has 3 aromatic carbocycles. The van der Waals surface area contributed by atoms with Crippen LogP contribution in [0.1, 0.15) is 28.8 Å². The molecule has 1 aliphatic heterocycles. The minimum Gasteiger partial charge on any atom is -0.358 e. The van der Waals surface area contributed by atoms with Gasteiger partial charge < -0.3 is 9.64 Å². The van der Waals surface area contributed by atoms with Crippen molar-refractivity contribution in [3.63, 3.8) is 0 Å². The average Bonchev–Trinajstić information content (AvgIpc) is 2.73. The molecule has 1 heterocycles. The van der Waals surface area contributed by atoms with Gasteiger partial charge in [0.1, 0.15) is 12.2 Å². The third kappa shape index (κ3) is 4.32. The number of ether oxygens (including phenoxy) is 1. The van der Waals surface area contributed by atoms with E-state index < -0.39 is 6.10 Å². The van der Waals surface area contributed by atoms with Gasteiger partial charge in [0.05, 0.1) is 6.04 Å². The zero-order valence-corrected chi connectivity index (χ0v) is 17.5. The average molecular weight is 426 g/mol. The van der Waals surface area contributed by atoms with Crippen molar-refractivity contribution in [1.29, 1.82) is 0 Å². The van der Waals surface area contributed by atoms with Gasteiger partial charge in [0.25, 0.3) is 5.91 Å². The van der Waals surface area contributed by atoms with Gasteiger partial charge in [-0.05, 0) is 41.0 Å². The summed E-state index contributed by atoms with van der Waals surface area (Å²) in [4.78, 5) is 15.0. The molecule has 0 N–H and O–H groups in total. The van der Waals surface area contributed by atoms with E-state index in [1.165, 1.54) is 0 Å². The van der Waals surface area contributed by atoms with E-state index in [9.17, 15) is 4.79 Å². The summed E-state index contributed by atoms with van der Waals surface area (Å²) in [5.74, 6) is -0.0351. The molecule has 5 heteroatoms.